The standard InChI is InChI=1S/C23H28FN3O3S/c1-2-7-27-8-3-16(4-9-27)14-30-17-12-19(24)22-20(13-17)25-21(26-23(22)28)15-31-18-5-10-29-11-6-18/h1,12-13,16,18H,3-11,14-15H2,(H,25,26,28). The molecule has 2 aromatic rings. The van der Waals surface area contributed by atoms with E-state index in [2.05, 4.69) is 20.8 Å². The summed E-state index contributed by atoms with van der Waals surface area (Å²) in [7, 11) is 0. The third-order valence-corrected chi connectivity index (χ3v) is 7.30. The van der Waals surface area contributed by atoms with Gasteiger partial charge < -0.3 is 14.5 Å². The fourth-order valence-electron chi connectivity index (χ4n) is 4.09. The van der Waals surface area contributed by atoms with Crippen molar-refractivity contribution in [2.45, 2.75) is 36.7 Å². The van der Waals surface area contributed by atoms with Crippen molar-refractivity contribution in [1.82, 2.24) is 14.9 Å². The topological polar surface area (TPSA) is 67.5 Å². The molecule has 0 spiro atoms. The zero-order chi connectivity index (χ0) is 21.6. The molecule has 0 amide bonds. The average Bonchev–Trinajstić information content (AvgIpc) is 2.78. The second kappa shape index (κ2) is 10.5. The summed E-state index contributed by atoms with van der Waals surface area (Å²) in [6.45, 7) is 4.65. The molecule has 6 nitrogen and oxygen atoms in total. The van der Waals surface area contributed by atoms with E-state index >= 15 is 0 Å². The maximum atomic E-state index is 14.6. The number of terminal acetylenes is 1. The maximum absolute atomic E-state index is 14.6. The summed E-state index contributed by atoms with van der Waals surface area (Å²) in [6, 6.07) is 2.95. The SMILES string of the molecule is C#CCN1CCC(COc2cc(F)c3c(=O)[nH]c(CSC4CCOCC4)nc3c2)CC1. The minimum atomic E-state index is -0.603. The van der Waals surface area contributed by atoms with Crippen LogP contribution in [0.5, 0.6) is 5.75 Å². The molecule has 0 atom stereocenters. The zero-order valence-electron chi connectivity index (χ0n) is 17.6. The van der Waals surface area contributed by atoms with Gasteiger partial charge in [-0.15, -0.1) is 6.42 Å². The van der Waals surface area contributed by atoms with Crippen molar-refractivity contribution in [3.05, 3.63) is 34.1 Å². The molecule has 166 valence electrons. The highest BCUT2D eigenvalue weighted by Crippen LogP contribution is 2.26. The van der Waals surface area contributed by atoms with Crippen molar-refractivity contribution in [3.8, 4) is 18.1 Å². The van der Waals surface area contributed by atoms with Crippen molar-refractivity contribution < 1.29 is 13.9 Å². The molecule has 0 unspecified atom stereocenters. The van der Waals surface area contributed by atoms with Gasteiger partial charge in [-0.25, -0.2) is 9.37 Å². The smallest absolute Gasteiger partial charge is 0.261 e. The van der Waals surface area contributed by atoms with E-state index in [-0.39, 0.29) is 5.39 Å². The Balaban J connectivity index is 1.41. The van der Waals surface area contributed by atoms with Crippen molar-refractivity contribution in [3.63, 3.8) is 0 Å². The molecule has 1 N–H and O–H groups in total. The van der Waals surface area contributed by atoms with Crippen molar-refractivity contribution in [1.29, 1.82) is 0 Å². The lowest BCUT2D eigenvalue weighted by atomic mass is 9.98. The predicted octanol–water partition coefficient (Wildman–Crippen LogP) is 3.20. The molecule has 3 heterocycles. The highest BCUT2D eigenvalue weighted by atomic mass is 32.2. The lowest BCUT2D eigenvalue weighted by molar-refractivity contribution is 0.1000. The number of likely N-dealkylation sites (tertiary alicyclic amines) is 1. The Bertz CT molecular complexity index is 992. The summed E-state index contributed by atoms with van der Waals surface area (Å²) in [5.41, 5.74) is -0.109. The molecular formula is C23H28FN3O3S. The minimum absolute atomic E-state index is 0.0187. The molecule has 1 aromatic heterocycles. The van der Waals surface area contributed by atoms with Crippen LogP contribution in [0.4, 0.5) is 4.39 Å². The second-order valence-electron chi connectivity index (χ2n) is 8.17. The monoisotopic (exact) mass is 445 g/mol. The van der Waals surface area contributed by atoms with E-state index < -0.39 is 11.4 Å². The van der Waals surface area contributed by atoms with Gasteiger partial charge in [0.2, 0.25) is 0 Å². The Morgan fingerprint density at radius 3 is 2.81 bits per heavy atom. The van der Waals surface area contributed by atoms with Crippen LogP contribution < -0.4 is 10.3 Å². The number of halogens is 1. The first-order chi connectivity index (χ1) is 15.1. The molecule has 0 radical (unpaired) electrons. The lowest BCUT2D eigenvalue weighted by Crippen LogP contribution is -2.35. The lowest BCUT2D eigenvalue weighted by Gasteiger charge is -2.30. The van der Waals surface area contributed by atoms with Crippen molar-refractivity contribution in [2.75, 3.05) is 39.5 Å². The van der Waals surface area contributed by atoms with Crippen molar-refractivity contribution in [2.24, 2.45) is 5.92 Å². The third-order valence-electron chi connectivity index (χ3n) is 5.92. The summed E-state index contributed by atoms with van der Waals surface area (Å²) in [5, 5.41) is 0.475. The van der Waals surface area contributed by atoms with Crippen LogP contribution in [0.2, 0.25) is 0 Å². The van der Waals surface area contributed by atoms with Gasteiger partial charge in [-0.1, -0.05) is 5.92 Å². The van der Waals surface area contributed by atoms with Crippen LogP contribution >= 0.6 is 11.8 Å². The summed E-state index contributed by atoms with van der Waals surface area (Å²) in [6.07, 6.45) is 9.38. The largest absolute Gasteiger partial charge is 0.493 e. The Morgan fingerprint density at radius 1 is 1.29 bits per heavy atom. The molecule has 1 aromatic carbocycles. The van der Waals surface area contributed by atoms with Crippen LogP contribution in [-0.4, -0.2) is 59.6 Å². The Kier molecular flexibility index (Phi) is 7.49. The van der Waals surface area contributed by atoms with Crippen LogP contribution in [0.15, 0.2) is 16.9 Å². The van der Waals surface area contributed by atoms with E-state index in [4.69, 9.17) is 15.9 Å². The number of hydrogen-bond acceptors (Lipinski definition) is 6. The van der Waals surface area contributed by atoms with Crippen LogP contribution in [0.3, 0.4) is 0 Å². The summed E-state index contributed by atoms with van der Waals surface area (Å²) >= 11 is 1.75. The number of nitrogens with one attached hydrogen (secondary N) is 1. The van der Waals surface area contributed by atoms with E-state index in [9.17, 15) is 9.18 Å². The highest BCUT2D eigenvalue weighted by molar-refractivity contribution is 7.99. The maximum Gasteiger partial charge on any atom is 0.261 e. The van der Waals surface area contributed by atoms with Gasteiger partial charge in [0.05, 0.1) is 24.4 Å². The quantitative estimate of drug-likeness (QED) is 0.661. The number of ether oxygens (including phenoxy) is 2. The van der Waals surface area contributed by atoms with Gasteiger partial charge in [0.15, 0.2) is 0 Å². The predicted molar refractivity (Wildman–Crippen MR) is 121 cm³/mol. The van der Waals surface area contributed by atoms with Crippen molar-refractivity contribution >= 4 is 22.7 Å². The molecule has 31 heavy (non-hydrogen) atoms. The van der Waals surface area contributed by atoms with Crippen LogP contribution in [0.1, 0.15) is 31.5 Å². The van der Waals surface area contributed by atoms with Crippen LogP contribution in [0, 0.1) is 24.1 Å². The Morgan fingerprint density at radius 2 is 2.06 bits per heavy atom. The summed E-state index contributed by atoms with van der Waals surface area (Å²) in [5.74, 6) is 4.04. The minimum Gasteiger partial charge on any atom is -0.493 e. The number of nitrogens with zero attached hydrogens (tertiary/aromatic N) is 2. The first kappa shape index (κ1) is 22.1. The fraction of sp³-hybridized carbons (Fsp3) is 0.565. The van der Waals surface area contributed by atoms with Gasteiger partial charge >= 0.3 is 0 Å². The van der Waals surface area contributed by atoms with Crippen LogP contribution in [0.25, 0.3) is 10.9 Å². The molecule has 2 saturated heterocycles. The third kappa shape index (κ3) is 5.79. The number of rotatable bonds is 7. The van der Waals surface area contributed by atoms with Gasteiger partial charge in [-0.3, -0.25) is 9.69 Å². The molecular weight excluding hydrogens is 417 g/mol. The molecule has 0 bridgehead atoms. The number of fused-ring (bicyclic) bond motifs is 1. The number of benzene rings is 1. The van der Waals surface area contributed by atoms with E-state index in [0.717, 1.165) is 52.0 Å². The molecule has 2 aliphatic heterocycles. The highest BCUT2D eigenvalue weighted by Gasteiger charge is 2.20. The Labute approximate surface area is 185 Å². The molecule has 2 aliphatic rings. The summed E-state index contributed by atoms with van der Waals surface area (Å²) < 4.78 is 25.9. The van der Waals surface area contributed by atoms with Gasteiger partial charge in [0, 0.05) is 30.6 Å². The molecule has 0 aliphatic carbocycles. The van der Waals surface area contributed by atoms with E-state index in [1.165, 1.54) is 6.07 Å². The first-order valence-electron chi connectivity index (χ1n) is 10.8. The van der Waals surface area contributed by atoms with Crippen LogP contribution in [-0.2, 0) is 10.5 Å². The van der Waals surface area contributed by atoms with Gasteiger partial charge in [0.25, 0.3) is 5.56 Å². The van der Waals surface area contributed by atoms with Gasteiger partial charge in [-0.05, 0) is 44.7 Å². The molecule has 2 fully saturated rings. The first-order valence-corrected chi connectivity index (χ1v) is 11.9. The van der Waals surface area contributed by atoms with Gasteiger partial charge in [0.1, 0.15) is 22.8 Å². The Hall–Kier alpha value is -2.08. The molecule has 4 rings (SSSR count). The van der Waals surface area contributed by atoms with E-state index in [0.29, 0.717) is 47.2 Å². The normalized spacial score (nSPS) is 18.8. The number of aromatic nitrogens is 2. The number of aromatic amines is 1. The molecule has 8 heteroatoms. The number of hydrogen-bond donors (Lipinski definition) is 1. The second-order valence-corrected chi connectivity index (χ2v) is 9.46. The fourth-order valence-corrected chi connectivity index (χ4v) is 5.15. The number of piperidine rings is 1. The number of thioether (sulfide) groups is 1. The average molecular weight is 446 g/mol. The molecule has 0 saturated carbocycles. The zero-order valence-corrected chi connectivity index (χ0v) is 18.4. The van der Waals surface area contributed by atoms with Gasteiger partial charge in [-0.2, -0.15) is 11.8 Å². The summed E-state index contributed by atoms with van der Waals surface area (Å²) in [4.78, 5) is 21.9. The van der Waals surface area contributed by atoms with E-state index in [1.54, 1.807) is 17.8 Å². The van der Waals surface area contributed by atoms with E-state index in [1.807, 2.05) is 0 Å². The number of H-pyrrole nitrogens is 1.